The monoisotopic (exact) mass is 310 g/mol. The van der Waals surface area contributed by atoms with Crippen molar-refractivity contribution >= 4 is 61.4 Å². The highest BCUT2D eigenvalue weighted by atomic mass is 35.5. The van der Waals surface area contributed by atoms with Gasteiger partial charge >= 0.3 is 0 Å². The van der Waals surface area contributed by atoms with Gasteiger partial charge in [0.1, 0.15) is 17.7 Å². The Morgan fingerprint density at radius 2 is 1.19 bits per heavy atom. The molecule has 6 nitrogen and oxygen atoms in total. The Morgan fingerprint density at radius 3 is 1.44 bits per heavy atom. The summed E-state index contributed by atoms with van der Waals surface area (Å²) in [6.45, 7) is 0. The number of primary amides is 2. The maximum atomic E-state index is 10.6. The summed E-state index contributed by atoms with van der Waals surface area (Å²) in [5, 5.41) is 0. The quantitative estimate of drug-likeness (QED) is 0.821. The van der Waals surface area contributed by atoms with E-state index in [1.807, 2.05) is 0 Å². The summed E-state index contributed by atoms with van der Waals surface area (Å²) in [6.07, 6.45) is 1.06. The second-order valence-corrected chi connectivity index (χ2v) is 2.02. The summed E-state index contributed by atoms with van der Waals surface area (Å²) < 4.78 is 0. The van der Waals surface area contributed by atoms with Crippen LogP contribution in [0.15, 0.2) is 12.4 Å². The lowest BCUT2D eigenvalue weighted by atomic mass is 10.3. The second kappa shape index (κ2) is 10.7. The number of aromatic nitrogens is 2. The molecule has 0 saturated carbocycles. The van der Waals surface area contributed by atoms with Crippen LogP contribution < -0.4 is 11.5 Å². The van der Waals surface area contributed by atoms with Crippen molar-refractivity contribution in [3.05, 3.63) is 23.8 Å². The molecular weight excluding hydrogens is 302 g/mol. The first kappa shape index (κ1) is 24.4. The van der Waals surface area contributed by atoms with Gasteiger partial charge in [-0.1, -0.05) is 0 Å². The smallest absolute Gasteiger partial charge is 0.267 e. The van der Waals surface area contributed by atoms with Gasteiger partial charge in [0, 0.05) is 6.07 Å². The molecule has 10 heteroatoms. The average Bonchev–Trinajstić information content (AvgIpc) is 2.04. The van der Waals surface area contributed by atoms with Crippen LogP contribution in [0, 0.1) is 0 Å². The number of nitrogens with two attached hydrogens (primary N) is 2. The van der Waals surface area contributed by atoms with Crippen LogP contribution in [0.2, 0.25) is 0 Å². The van der Waals surface area contributed by atoms with Gasteiger partial charge in [-0.2, -0.15) is 0 Å². The van der Waals surface area contributed by atoms with E-state index in [0.717, 1.165) is 12.4 Å². The zero-order valence-electron chi connectivity index (χ0n) is 7.65. The van der Waals surface area contributed by atoms with E-state index in [1.165, 1.54) is 0 Å². The van der Waals surface area contributed by atoms with Crippen molar-refractivity contribution < 1.29 is 9.59 Å². The molecule has 94 valence electrons. The summed E-state index contributed by atoms with van der Waals surface area (Å²) in [7, 11) is 0. The van der Waals surface area contributed by atoms with E-state index >= 15 is 0 Å². The predicted molar refractivity (Wildman–Crippen MR) is 68.1 cm³/mol. The SMILES string of the molecule is Cl.Cl.Cl.Cl.NC(=O)c1cc(C(N)=O)ncn1. The molecule has 0 fully saturated rings. The molecule has 1 rings (SSSR count). The molecule has 0 saturated heterocycles. The molecule has 16 heavy (non-hydrogen) atoms. The van der Waals surface area contributed by atoms with Crippen LogP contribution in [0.4, 0.5) is 0 Å². The van der Waals surface area contributed by atoms with Crippen LogP contribution in [0.5, 0.6) is 0 Å². The van der Waals surface area contributed by atoms with Crippen molar-refractivity contribution in [1.29, 1.82) is 0 Å². The Bertz CT molecular complexity index is 320. The van der Waals surface area contributed by atoms with Gasteiger partial charge in [0.25, 0.3) is 11.8 Å². The minimum Gasteiger partial charge on any atom is -0.364 e. The first-order chi connectivity index (χ1) is 5.61. The van der Waals surface area contributed by atoms with Gasteiger partial charge in [-0.15, -0.1) is 49.6 Å². The fourth-order valence-electron chi connectivity index (χ4n) is 0.627. The molecule has 2 amide bonds. The lowest BCUT2D eigenvalue weighted by molar-refractivity contribution is 0.0995. The molecule has 0 radical (unpaired) electrons. The standard InChI is InChI=1S/C6H6N4O2.4ClH/c7-5(11)3-1-4(6(8)12)10-2-9-3;;;;/h1-2H,(H2,7,11)(H2,8,12);4*1H. The number of rotatable bonds is 2. The first-order valence-electron chi connectivity index (χ1n) is 3.03. The molecule has 0 atom stereocenters. The van der Waals surface area contributed by atoms with Crippen LogP contribution in [0.3, 0.4) is 0 Å². The van der Waals surface area contributed by atoms with E-state index in [-0.39, 0.29) is 61.0 Å². The molecule has 1 aromatic heterocycles. The van der Waals surface area contributed by atoms with Gasteiger partial charge in [0.2, 0.25) is 0 Å². The number of carbonyl (C=O) groups is 2. The molecule has 0 aliphatic heterocycles. The topological polar surface area (TPSA) is 112 Å². The van der Waals surface area contributed by atoms with Gasteiger partial charge in [0.15, 0.2) is 0 Å². The van der Waals surface area contributed by atoms with E-state index < -0.39 is 11.8 Å². The fourth-order valence-corrected chi connectivity index (χ4v) is 0.627. The molecular formula is C6H10Cl4N4O2. The molecule has 0 unspecified atom stereocenters. The first-order valence-corrected chi connectivity index (χ1v) is 3.03. The lowest BCUT2D eigenvalue weighted by Gasteiger charge is -1.95. The summed E-state index contributed by atoms with van der Waals surface area (Å²) in [5.74, 6) is -1.44. The van der Waals surface area contributed by atoms with Crippen LogP contribution in [-0.4, -0.2) is 21.8 Å². The van der Waals surface area contributed by atoms with Gasteiger partial charge in [-0.05, 0) is 0 Å². The minimum atomic E-state index is -0.722. The number of amides is 2. The Kier molecular flexibility index (Phi) is 16.3. The molecule has 1 heterocycles. The van der Waals surface area contributed by atoms with E-state index in [9.17, 15) is 9.59 Å². The minimum absolute atomic E-state index is 0. The Balaban J connectivity index is -0.000000180. The maximum absolute atomic E-state index is 10.6. The highest BCUT2D eigenvalue weighted by Crippen LogP contribution is 1.95. The number of hydrogen-bond acceptors (Lipinski definition) is 4. The highest BCUT2D eigenvalue weighted by Gasteiger charge is 2.06. The van der Waals surface area contributed by atoms with Crippen molar-refractivity contribution in [3.63, 3.8) is 0 Å². The van der Waals surface area contributed by atoms with Crippen molar-refractivity contribution in [2.24, 2.45) is 11.5 Å². The van der Waals surface area contributed by atoms with E-state index in [2.05, 4.69) is 9.97 Å². The van der Waals surface area contributed by atoms with Gasteiger partial charge in [-0.3, -0.25) is 9.59 Å². The zero-order valence-corrected chi connectivity index (χ0v) is 10.9. The van der Waals surface area contributed by atoms with E-state index in [4.69, 9.17) is 11.5 Å². The van der Waals surface area contributed by atoms with Crippen molar-refractivity contribution in [1.82, 2.24) is 9.97 Å². The van der Waals surface area contributed by atoms with Crippen LogP contribution >= 0.6 is 49.6 Å². The number of carbonyl (C=O) groups excluding carboxylic acids is 2. The molecule has 0 aliphatic carbocycles. The van der Waals surface area contributed by atoms with Gasteiger partial charge in [0.05, 0.1) is 0 Å². The third-order valence-corrected chi connectivity index (χ3v) is 1.17. The van der Waals surface area contributed by atoms with Crippen molar-refractivity contribution in [3.8, 4) is 0 Å². The fraction of sp³-hybridized carbons (Fsp3) is 0. The Hall–Kier alpha value is -0.820. The molecule has 1 aromatic rings. The van der Waals surface area contributed by atoms with Crippen molar-refractivity contribution in [2.75, 3.05) is 0 Å². The molecule has 0 aliphatic rings. The highest BCUT2D eigenvalue weighted by molar-refractivity contribution is 5.95. The molecule has 0 bridgehead atoms. The average molecular weight is 312 g/mol. The van der Waals surface area contributed by atoms with E-state index in [0.29, 0.717) is 0 Å². The summed E-state index contributed by atoms with van der Waals surface area (Å²) in [6, 6.07) is 1.14. The number of halogens is 4. The van der Waals surface area contributed by atoms with Crippen LogP contribution in [-0.2, 0) is 0 Å². The zero-order chi connectivity index (χ0) is 9.14. The third kappa shape index (κ3) is 6.62. The van der Waals surface area contributed by atoms with Gasteiger partial charge < -0.3 is 11.5 Å². The van der Waals surface area contributed by atoms with Crippen LogP contribution in [0.25, 0.3) is 0 Å². The Morgan fingerprint density at radius 1 is 0.875 bits per heavy atom. The summed E-state index contributed by atoms with van der Waals surface area (Å²) in [4.78, 5) is 28.2. The summed E-state index contributed by atoms with van der Waals surface area (Å²) in [5.41, 5.74) is 9.75. The molecule has 0 aromatic carbocycles. The number of nitrogens with zero attached hydrogens (tertiary/aromatic N) is 2. The van der Waals surface area contributed by atoms with Crippen LogP contribution in [0.1, 0.15) is 21.0 Å². The maximum Gasteiger partial charge on any atom is 0.267 e. The van der Waals surface area contributed by atoms with Gasteiger partial charge in [-0.25, -0.2) is 9.97 Å². The summed E-state index contributed by atoms with van der Waals surface area (Å²) >= 11 is 0. The predicted octanol–water partition coefficient (Wildman–Crippen LogP) is 0.362. The third-order valence-electron chi connectivity index (χ3n) is 1.17. The normalized spacial score (nSPS) is 7.00. The van der Waals surface area contributed by atoms with E-state index in [1.54, 1.807) is 0 Å². The largest absolute Gasteiger partial charge is 0.364 e. The lowest BCUT2D eigenvalue weighted by Crippen LogP contribution is -2.18. The van der Waals surface area contributed by atoms with Crippen molar-refractivity contribution in [2.45, 2.75) is 0 Å². The Labute approximate surface area is 116 Å². The number of hydrogen-bond donors (Lipinski definition) is 2. The molecule has 0 spiro atoms. The second-order valence-electron chi connectivity index (χ2n) is 2.02. The molecule has 4 N–H and O–H groups in total.